The second-order valence-electron chi connectivity index (χ2n) is 8.83. The number of carbonyl (C=O) groups is 3. The van der Waals surface area contributed by atoms with Gasteiger partial charge in [-0.3, -0.25) is 9.59 Å². The maximum atomic E-state index is 13.5. The summed E-state index contributed by atoms with van der Waals surface area (Å²) in [7, 11) is 2.79. The summed E-state index contributed by atoms with van der Waals surface area (Å²) in [6.07, 6.45) is 4.75. The van der Waals surface area contributed by atoms with Crippen LogP contribution in [0.1, 0.15) is 58.4 Å². The fourth-order valence-corrected chi connectivity index (χ4v) is 5.39. The Balaban J connectivity index is 1.53. The number of hydrogen-bond acceptors (Lipinski definition) is 5. The third-order valence-electron chi connectivity index (χ3n) is 6.83. The van der Waals surface area contributed by atoms with E-state index in [9.17, 15) is 14.4 Å². The molecule has 3 atom stereocenters. The minimum atomic E-state index is -0.544. The Labute approximate surface area is 204 Å². The summed E-state index contributed by atoms with van der Waals surface area (Å²) in [5.74, 6) is -0.141. The molecule has 4 rings (SSSR count). The summed E-state index contributed by atoms with van der Waals surface area (Å²) >= 11 is 6.12. The summed E-state index contributed by atoms with van der Waals surface area (Å²) in [5, 5.41) is 3.46. The van der Waals surface area contributed by atoms with Gasteiger partial charge in [-0.25, -0.2) is 4.79 Å². The first-order chi connectivity index (χ1) is 16.4. The van der Waals surface area contributed by atoms with E-state index in [1.54, 1.807) is 47.4 Å². The van der Waals surface area contributed by atoms with E-state index in [1.807, 2.05) is 0 Å². The van der Waals surface area contributed by atoms with Crippen molar-refractivity contribution in [3.63, 3.8) is 0 Å². The number of halogens is 1. The fraction of sp³-hybridized carbons (Fsp3) is 0.423. The smallest absolute Gasteiger partial charge is 0.341 e. The monoisotopic (exact) mass is 484 g/mol. The van der Waals surface area contributed by atoms with Crippen LogP contribution in [0, 0.1) is 5.92 Å². The molecule has 180 valence electrons. The summed E-state index contributed by atoms with van der Waals surface area (Å²) in [4.78, 5) is 40.7. The first kappa shape index (κ1) is 24.1. The lowest BCUT2D eigenvalue weighted by Crippen LogP contribution is -2.49. The van der Waals surface area contributed by atoms with Gasteiger partial charge in [0.15, 0.2) is 0 Å². The predicted molar refractivity (Wildman–Crippen MR) is 128 cm³/mol. The summed E-state index contributed by atoms with van der Waals surface area (Å²) in [6, 6.07) is 11.5. The van der Waals surface area contributed by atoms with Crippen molar-refractivity contribution < 1.29 is 23.9 Å². The number of amides is 2. The van der Waals surface area contributed by atoms with Gasteiger partial charge < -0.3 is 19.7 Å². The maximum Gasteiger partial charge on any atom is 0.341 e. The van der Waals surface area contributed by atoms with E-state index in [0.29, 0.717) is 34.2 Å². The van der Waals surface area contributed by atoms with Crippen molar-refractivity contribution in [2.75, 3.05) is 14.2 Å². The number of ether oxygens (including phenoxy) is 2. The Morgan fingerprint density at radius 3 is 2.62 bits per heavy atom. The fourth-order valence-electron chi connectivity index (χ4n) is 5.20. The zero-order valence-corrected chi connectivity index (χ0v) is 20.1. The van der Waals surface area contributed by atoms with E-state index in [2.05, 4.69) is 5.32 Å². The summed E-state index contributed by atoms with van der Waals surface area (Å²) in [6.45, 7) is 0.220. The molecule has 3 unspecified atom stereocenters. The number of nitrogens with zero attached hydrogens (tertiary/aromatic N) is 1. The van der Waals surface area contributed by atoms with E-state index in [1.165, 1.54) is 14.2 Å². The molecule has 0 spiro atoms. The molecule has 1 aliphatic carbocycles. The van der Waals surface area contributed by atoms with Crippen LogP contribution in [0.25, 0.3) is 0 Å². The van der Waals surface area contributed by atoms with Crippen LogP contribution in [0.2, 0.25) is 5.02 Å². The number of carbonyl (C=O) groups excluding carboxylic acids is 3. The van der Waals surface area contributed by atoms with Crippen LogP contribution in [0.5, 0.6) is 5.75 Å². The van der Waals surface area contributed by atoms with Gasteiger partial charge in [0.25, 0.3) is 5.91 Å². The molecular formula is C26H29ClN2O5. The van der Waals surface area contributed by atoms with Gasteiger partial charge in [0.2, 0.25) is 5.91 Å². The molecule has 0 bridgehead atoms. The Kier molecular flexibility index (Phi) is 7.41. The van der Waals surface area contributed by atoms with Gasteiger partial charge in [0.05, 0.1) is 14.2 Å². The van der Waals surface area contributed by atoms with Gasteiger partial charge in [0, 0.05) is 23.2 Å². The van der Waals surface area contributed by atoms with E-state index in [4.69, 9.17) is 21.1 Å². The molecule has 1 N–H and O–H groups in total. The van der Waals surface area contributed by atoms with Crippen LogP contribution in [0.3, 0.4) is 0 Å². The average Bonchev–Trinajstić information content (AvgIpc) is 3.26. The first-order valence-corrected chi connectivity index (χ1v) is 11.9. The Morgan fingerprint density at radius 2 is 1.88 bits per heavy atom. The highest BCUT2D eigenvalue weighted by Gasteiger charge is 2.47. The number of fused-ring (bicyclic) bond motifs is 1. The minimum absolute atomic E-state index is 0.0582. The molecule has 2 amide bonds. The molecule has 2 aliphatic rings. The number of rotatable bonds is 6. The van der Waals surface area contributed by atoms with Crippen LogP contribution in [0.15, 0.2) is 42.5 Å². The van der Waals surface area contributed by atoms with Crippen LogP contribution in [0.4, 0.5) is 0 Å². The molecule has 1 heterocycles. The minimum Gasteiger partial charge on any atom is -0.496 e. The van der Waals surface area contributed by atoms with Crippen LogP contribution in [-0.4, -0.2) is 49.0 Å². The highest BCUT2D eigenvalue weighted by molar-refractivity contribution is 6.31. The largest absolute Gasteiger partial charge is 0.496 e. The number of esters is 1. The second-order valence-corrected chi connectivity index (χ2v) is 9.27. The zero-order chi connectivity index (χ0) is 24.2. The topological polar surface area (TPSA) is 84.9 Å². The number of hydrogen-bond donors (Lipinski definition) is 1. The van der Waals surface area contributed by atoms with Crippen molar-refractivity contribution in [1.82, 2.24) is 10.2 Å². The standard InChI is InChI=1S/C26H29ClN2O5/c1-33-23-11-10-16(12-20(23)26(32)34-2)15-28-24(30)22-14-17-6-3-4-9-21(17)29(22)25(31)18-7-5-8-19(27)13-18/h5,7-8,10-13,17,21-22H,3-4,6,9,14-15H2,1-2H3,(H,28,30). The van der Waals surface area contributed by atoms with Crippen molar-refractivity contribution in [3.8, 4) is 5.75 Å². The van der Waals surface area contributed by atoms with Gasteiger partial charge >= 0.3 is 5.97 Å². The van der Waals surface area contributed by atoms with Crippen LogP contribution < -0.4 is 10.1 Å². The maximum absolute atomic E-state index is 13.5. The molecule has 0 aromatic heterocycles. The molecule has 0 radical (unpaired) electrons. The van der Waals surface area contributed by atoms with Gasteiger partial charge in [-0.2, -0.15) is 0 Å². The molecule has 7 nitrogen and oxygen atoms in total. The molecule has 8 heteroatoms. The quantitative estimate of drug-likeness (QED) is 0.620. The molecular weight excluding hydrogens is 456 g/mol. The van der Waals surface area contributed by atoms with Crippen molar-refractivity contribution in [1.29, 1.82) is 0 Å². The lowest BCUT2D eigenvalue weighted by Gasteiger charge is -2.33. The predicted octanol–water partition coefficient (Wildman–Crippen LogP) is 4.22. The van der Waals surface area contributed by atoms with Crippen LogP contribution >= 0.6 is 11.6 Å². The first-order valence-electron chi connectivity index (χ1n) is 11.5. The number of nitrogens with one attached hydrogen (secondary N) is 1. The molecule has 1 aliphatic heterocycles. The number of likely N-dealkylation sites (tertiary alicyclic amines) is 1. The molecule has 34 heavy (non-hydrogen) atoms. The van der Waals surface area contributed by atoms with Crippen molar-refractivity contribution in [3.05, 3.63) is 64.2 Å². The lowest BCUT2D eigenvalue weighted by molar-refractivity contribution is -0.125. The number of benzene rings is 2. The van der Waals surface area contributed by atoms with Crippen molar-refractivity contribution in [2.24, 2.45) is 5.92 Å². The van der Waals surface area contributed by atoms with Gasteiger partial charge in [-0.1, -0.05) is 36.6 Å². The van der Waals surface area contributed by atoms with Gasteiger partial charge in [0.1, 0.15) is 17.4 Å². The molecule has 2 aromatic carbocycles. The van der Waals surface area contributed by atoms with Gasteiger partial charge in [-0.15, -0.1) is 0 Å². The van der Waals surface area contributed by atoms with Crippen molar-refractivity contribution >= 4 is 29.4 Å². The molecule has 2 aromatic rings. The van der Waals surface area contributed by atoms with Gasteiger partial charge in [-0.05, 0) is 61.1 Å². The summed E-state index contributed by atoms with van der Waals surface area (Å²) < 4.78 is 10.1. The number of methoxy groups -OCH3 is 2. The normalized spacial score (nSPS) is 21.5. The highest BCUT2D eigenvalue weighted by Crippen LogP contribution is 2.40. The Hall–Kier alpha value is -3.06. The Morgan fingerprint density at radius 1 is 1.09 bits per heavy atom. The van der Waals surface area contributed by atoms with E-state index in [-0.39, 0.29) is 24.4 Å². The molecule has 1 saturated heterocycles. The van der Waals surface area contributed by atoms with E-state index < -0.39 is 12.0 Å². The average molecular weight is 485 g/mol. The van der Waals surface area contributed by atoms with Crippen LogP contribution in [-0.2, 0) is 16.1 Å². The van der Waals surface area contributed by atoms with Crippen molar-refractivity contribution in [2.45, 2.75) is 50.7 Å². The third kappa shape index (κ3) is 4.89. The molecule has 2 fully saturated rings. The van der Waals surface area contributed by atoms with E-state index in [0.717, 1.165) is 31.2 Å². The van der Waals surface area contributed by atoms with E-state index >= 15 is 0 Å². The second kappa shape index (κ2) is 10.5. The third-order valence-corrected chi connectivity index (χ3v) is 7.07. The SMILES string of the molecule is COC(=O)c1cc(CNC(=O)C2CC3CCCCC3N2C(=O)c2cccc(Cl)c2)ccc1OC. The summed E-state index contributed by atoms with van der Waals surface area (Å²) in [5.41, 5.74) is 1.52. The highest BCUT2D eigenvalue weighted by atomic mass is 35.5. The zero-order valence-electron chi connectivity index (χ0n) is 19.4. The Bertz CT molecular complexity index is 1090. The molecule has 1 saturated carbocycles. The lowest BCUT2D eigenvalue weighted by atomic mass is 9.84.